The van der Waals surface area contributed by atoms with Crippen molar-refractivity contribution in [2.45, 2.75) is 44.6 Å². The minimum Gasteiger partial charge on any atom is -0.481 e. The molecule has 1 fully saturated rings. The van der Waals surface area contributed by atoms with Crippen molar-refractivity contribution in [1.29, 1.82) is 0 Å². The standard InChI is InChI=1S/C13H24N2O4/c1-3-5-10(11(16)17)8-14-12(18)15-9-13(19-2)6-4-7-13/h10H,3-9H2,1-2H3,(H,16,17)(H2,14,15,18). The van der Waals surface area contributed by atoms with Gasteiger partial charge in [-0.2, -0.15) is 0 Å². The summed E-state index contributed by atoms with van der Waals surface area (Å²) in [6.07, 6.45) is 4.38. The van der Waals surface area contributed by atoms with Gasteiger partial charge in [-0.25, -0.2) is 4.79 Å². The molecular weight excluding hydrogens is 248 g/mol. The van der Waals surface area contributed by atoms with Crippen molar-refractivity contribution in [3.63, 3.8) is 0 Å². The SMILES string of the molecule is CCCC(CNC(=O)NCC1(OC)CCC1)C(=O)O. The normalized spacial score (nSPS) is 18.2. The van der Waals surface area contributed by atoms with Gasteiger partial charge in [-0.1, -0.05) is 13.3 Å². The van der Waals surface area contributed by atoms with Gasteiger partial charge in [0, 0.05) is 20.2 Å². The summed E-state index contributed by atoms with van der Waals surface area (Å²) in [4.78, 5) is 22.5. The van der Waals surface area contributed by atoms with E-state index in [2.05, 4.69) is 10.6 Å². The summed E-state index contributed by atoms with van der Waals surface area (Å²) in [5, 5.41) is 14.3. The zero-order valence-electron chi connectivity index (χ0n) is 11.7. The lowest BCUT2D eigenvalue weighted by atomic mass is 9.80. The molecule has 110 valence electrons. The fourth-order valence-corrected chi connectivity index (χ4v) is 2.21. The quantitative estimate of drug-likeness (QED) is 0.622. The highest BCUT2D eigenvalue weighted by Crippen LogP contribution is 2.34. The Kier molecular flexibility index (Phi) is 6.08. The number of hydrogen-bond acceptors (Lipinski definition) is 3. The van der Waals surface area contributed by atoms with E-state index in [-0.39, 0.29) is 18.2 Å². The molecule has 0 saturated heterocycles. The number of urea groups is 1. The first-order valence-corrected chi connectivity index (χ1v) is 6.82. The Balaban J connectivity index is 2.25. The molecule has 0 aromatic rings. The van der Waals surface area contributed by atoms with E-state index in [1.54, 1.807) is 7.11 Å². The van der Waals surface area contributed by atoms with Crippen LogP contribution in [-0.4, -0.2) is 42.9 Å². The van der Waals surface area contributed by atoms with Crippen LogP contribution < -0.4 is 10.6 Å². The fourth-order valence-electron chi connectivity index (χ4n) is 2.21. The molecule has 0 aromatic heterocycles. The average Bonchev–Trinajstić information content (AvgIpc) is 2.33. The smallest absolute Gasteiger partial charge is 0.314 e. The van der Waals surface area contributed by atoms with E-state index in [9.17, 15) is 9.59 Å². The maximum absolute atomic E-state index is 11.6. The highest BCUT2D eigenvalue weighted by atomic mass is 16.5. The van der Waals surface area contributed by atoms with E-state index in [0.717, 1.165) is 25.7 Å². The Morgan fingerprint density at radius 3 is 2.47 bits per heavy atom. The van der Waals surface area contributed by atoms with E-state index in [0.29, 0.717) is 13.0 Å². The highest BCUT2D eigenvalue weighted by molar-refractivity contribution is 5.75. The molecule has 0 heterocycles. The Labute approximate surface area is 113 Å². The molecule has 2 amide bonds. The molecule has 0 aromatic carbocycles. The molecule has 6 heteroatoms. The van der Waals surface area contributed by atoms with Gasteiger partial charge >= 0.3 is 12.0 Å². The van der Waals surface area contributed by atoms with Crippen molar-refractivity contribution in [3.8, 4) is 0 Å². The first-order valence-electron chi connectivity index (χ1n) is 6.82. The van der Waals surface area contributed by atoms with E-state index in [1.807, 2.05) is 6.92 Å². The van der Waals surface area contributed by atoms with E-state index in [4.69, 9.17) is 9.84 Å². The van der Waals surface area contributed by atoms with E-state index < -0.39 is 11.9 Å². The molecule has 1 unspecified atom stereocenters. The number of carboxylic acids is 1. The molecule has 0 spiro atoms. The van der Waals surface area contributed by atoms with E-state index >= 15 is 0 Å². The van der Waals surface area contributed by atoms with Gasteiger partial charge in [-0.3, -0.25) is 4.79 Å². The summed E-state index contributed by atoms with van der Waals surface area (Å²) < 4.78 is 5.39. The predicted molar refractivity (Wildman–Crippen MR) is 71.0 cm³/mol. The summed E-state index contributed by atoms with van der Waals surface area (Å²) in [7, 11) is 1.65. The summed E-state index contributed by atoms with van der Waals surface area (Å²) in [6, 6.07) is -0.328. The minimum atomic E-state index is -0.866. The van der Waals surface area contributed by atoms with Gasteiger partial charge < -0.3 is 20.5 Å². The number of aliphatic carboxylic acids is 1. The number of ether oxygens (including phenoxy) is 1. The van der Waals surface area contributed by atoms with Gasteiger partial charge in [0.05, 0.1) is 11.5 Å². The molecule has 19 heavy (non-hydrogen) atoms. The Hall–Kier alpha value is -1.30. The van der Waals surface area contributed by atoms with Crippen LogP contribution in [0.25, 0.3) is 0 Å². The lowest BCUT2D eigenvalue weighted by Gasteiger charge is -2.40. The van der Waals surface area contributed by atoms with Gasteiger partial charge in [-0.05, 0) is 25.7 Å². The molecule has 1 aliphatic rings. The zero-order valence-corrected chi connectivity index (χ0v) is 11.7. The third-order valence-corrected chi connectivity index (χ3v) is 3.76. The lowest BCUT2D eigenvalue weighted by Crippen LogP contribution is -2.51. The second kappa shape index (κ2) is 7.33. The van der Waals surface area contributed by atoms with Crippen LogP contribution in [0.2, 0.25) is 0 Å². The summed E-state index contributed by atoms with van der Waals surface area (Å²) in [5.74, 6) is -1.38. The Morgan fingerprint density at radius 1 is 1.37 bits per heavy atom. The van der Waals surface area contributed by atoms with Crippen LogP contribution in [0.5, 0.6) is 0 Å². The number of hydrogen-bond donors (Lipinski definition) is 3. The number of carbonyl (C=O) groups excluding carboxylic acids is 1. The Bertz CT molecular complexity index is 310. The predicted octanol–water partition coefficient (Wildman–Crippen LogP) is 1.36. The van der Waals surface area contributed by atoms with E-state index in [1.165, 1.54) is 0 Å². The van der Waals surface area contributed by atoms with Crippen molar-refractivity contribution >= 4 is 12.0 Å². The molecule has 0 aliphatic heterocycles. The van der Waals surface area contributed by atoms with Crippen LogP contribution in [0.1, 0.15) is 39.0 Å². The van der Waals surface area contributed by atoms with Crippen molar-refractivity contribution in [3.05, 3.63) is 0 Å². The number of amides is 2. The number of rotatable bonds is 8. The van der Waals surface area contributed by atoms with Crippen LogP contribution in [-0.2, 0) is 9.53 Å². The van der Waals surface area contributed by atoms with Crippen molar-refractivity contribution in [2.75, 3.05) is 20.2 Å². The average molecular weight is 272 g/mol. The molecular formula is C13H24N2O4. The molecule has 1 atom stereocenters. The molecule has 1 rings (SSSR count). The number of nitrogens with one attached hydrogen (secondary N) is 2. The van der Waals surface area contributed by atoms with Crippen LogP contribution in [0.3, 0.4) is 0 Å². The zero-order chi connectivity index (χ0) is 14.3. The van der Waals surface area contributed by atoms with Gasteiger partial charge in [0.25, 0.3) is 0 Å². The third-order valence-electron chi connectivity index (χ3n) is 3.76. The second-order valence-electron chi connectivity index (χ2n) is 5.13. The highest BCUT2D eigenvalue weighted by Gasteiger charge is 2.37. The molecule has 1 aliphatic carbocycles. The number of carboxylic acid groups (broad SMARTS) is 1. The first kappa shape index (κ1) is 15.8. The maximum Gasteiger partial charge on any atom is 0.314 e. The first-order chi connectivity index (χ1) is 9.03. The molecule has 1 saturated carbocycles. The van der Waals surface area contributed by atoms with Crippen molar-refractivity contribution < 1.29 is 19.4 Å². The summed E-state index contributed by atoms with van der Waals surface area (Å²) >= 11 is 0. The molecule has 3 N–H and O–H groups in total. The van der Waals surface area contributed by atoms with Gasteiger partial charge in [-0.15, -0.1) is 0 Å². The Morgan fingerprint density at radius 2 is 2.05 bits per heavy atom. The monoisotopic (exact) mass is 272 g/mol. The van der Waals surface area contributed by atoms with Gasteiger partial charge in [0.1, 0.15) is 0 Å². The van der Waals surface area contributed by atoms with Gasteiger partial charge in [0.2, 0.25) is 0 Å². The van der Waals surface area contributed by atoms with Crippen molar-refractivity contribution in [2.24, 2.45) is 5.92 Å². The lowest BCUT2D eigenvalue weighted by molar-refractivity contribution is -0.141. The number of carbonyl (C=O) groups is 2. The summed E-state index contributed by atoms with van der Waals surface area (Å²) in [6.45, 7) is 2.56. The fraction of sp³-hybridized carbons (Fsp3) is 0.846. The minimum absolute atomic E-state index is 0.162. The topological polar surface area (TPSA) is 87.7 Å². The van der Waals surface area contributed by atoms with Gasteiger partial charge in [0.15, 0.2) is 0 Å². The van der Waals surface area contributed by atoms with Crippen LogP contribution in [0.15, 0.2) is 0 Å². The molecule has 6 nitrogen and oxygen atoms in total. The van der Waals surface area contributed by atoms with Crippen molar-refractivity contribution in [1.82, 2.24) is 10.6 Å². The molecule has 0 radical (unpaired) electrons. The number of methoxy groups -OCH3 is 1. The summed E-state index contributed by atoms with van der Waals surface area (Å²) in [5.41, 5.74) is -0.215. The largest absolute Gasteiger partial charge is 0.481 e. The molecule has 0 bridgehead atoms. The van der Waals surface area contributed by atoms with Crippen LogP contribution in [0, 0.1) is 5.92 Å². The second-order valence-corrected chi connectivity index (χ2v) is 5.13. The maximum atomic E-state index is 11.6. The van der Waals surface area contributed by atoms with Crippen LogP contribution >= 0.6 is 0 Å². The third kappa shape index (κ3) is 4.70. The van der Waals surface area contributed by atoms with Crippen LogP contribution in [0.4, 0.5) is 4.79 Å².